The maximum atomic E-state index is 11.6. The van der Waals surface area contributed by atoms with Crippen molar-refractivity contribution in [3.8, 4) is 0 Å². The molecule has 4 nitrogen and oxygen atoms in total. The molecule has 1 aromatic carbocycles. The summed E-state index contributed by atoms with van der Waals surface area (Å²) >= 11 is 5.98. The molecule has 1 aliphatic heterocycles. The van der Waals surface area contributed by atoms with Crippen LogP contribution in [-0.4, -0.2) is 44.2 Å². The molecule has 98 valence electrons. The zero-order valence-electron chi connectivity index (χ0n) is 10.7. The molecular formula is C13H18ClN3O. The zero-order valence-corrected chi connectivity index (χ0v) is 11.4. The molecule has 0 radical (unpaired) electrons. The molecule has 0 bridgehead atoms. The minimum Gasteiger partial charge on any atom is -0.369 e. The third kappa shape index (κ3) is 3.07. The summed E-state index contributed by atoms with van der Waals surface area (Å²) in [6, 6.07) is 7.99. The maximum Gasteiger partial charge on any atom is 0.317 e. The summed E-state index contributed by atoms with van der Waals surface area (Å²) in [5, 5.41) is 3.75. The van der Waals surface area contributed by atoms with E-state index >= 15 is 0 Å². The van der Waals surface area contributed by atoms with Crippen molar-refractivity contribution in [1.82, 2.24) is 10.2 Å². The van der Waals surface area contributed by atoms with Gasteiger partial charge in [-0.05, 0) is 24.6 Å². The van der Waals surface area contributed by atoms with Gasteiger partial charge in [0.05, 0.1) is 0 Å². The van der Waals surface area contributed by atoms with Crippen LogP contribution in [0.25, 0.3) is 0 Å². The number of carbonyl (C=O) groups excluding carboxylic acids is 1. The third-order valence-corrected chi connectivity index (χ3v) is 3.33. The van der Waals surface area contributed by atoms with E-state index in [-0.39, 0.29) is 12.1 Å². The fourth-order valence-electron chi connectivity index (χ4n) is 2.09. The molecule has 18 heavy (non-hydrogen) atoms. The lowest BCUT2D eigenvalue weighted by molar-refractivity contribution is 0.214. The Morgan fingerprint density at radius 1 is 1.50 bits per heavy atom. The van der Waals surface area contributed by atoms with Crippen LogP contribution in [0.4, 0.5) is 10.5 Å². The van der Waals surface area contributed by atoms with Crippen LogP contribution in [0.2, 0.25) is 5.02 Å². The summed E-state index contributed by atoms with van der Waals surface area (Å²) in [6.45, 7) is 1.78. The van der Waals surface area contributed by atoms with Crippen LogP contribution >= 0.6 is 11.6 Å². The minimum atomic E-state index is -0.0343. The molecule has 1 fully saturated rings. The van der Waals surface area contributed by atoms with Gasteiger partial charge >= 0.3 is 6.03 Å². The van der Waals surface area contributed by atoms with Crippen molar-refractivity contribution in [2.75, 3.05) is 32.1 Å². The fraction of sp³-hybridized carbons (Fsp3) is 0.462. The van der Waals surface area contributed by atoms with E-state index in [2.05, 4.69) is 10.2 Å². The van der Waals surface area contributed by atoms with Crippen LogP contribution in [0.5, 0.6) is 0 Å². The molecular weight excluding hydrogens is 250 g/mol. The Morgan fingerprint density at radius 3 is 2.94 bits per heavy atom. The molecule has 1 aromatic rings. The van der Waals surface area contributed by atoms with Crippen LogP contribution in [0.1, 0.15) is 6.42 Å². The molecule has 5 heteroatoms. The van der Waals surface area contributed by atoms with Gasteiger partial charge in [-0.3, -0.25) is 0 Å². The first-order valence-electron chi connectivity index (χ1n) is 6.04. The van der Waals surface area contributed by atoms with Gasteiger partial charge in [0, 0.05) is 43.9 Å². The first-order chi connectivity index (χ1) is 8.56. The fourth-order valence-corrected chi connectivity index (χ4v) is 2.27. The SMILES string of the molecule is CN(C)C(=O)NC1CCN(c2cccc(Cl)c2)C1. The first kappa shape index (κ1) is 13.0. The highest BCUT2D eigenvalue weighted by Gasteiger charge is 2.24. The van der Waals surface area contributed by atoms with E-state index in [0.717, 1.165) is 30.2 Å². The molecule has 2 rings (SSSR count). The Kier molecular flexibility index (Phi) is 3.97. The summed E-state index contributed by atoms with van der Waals surface area (Å²) in [7, 11) is 3.50. The summed E-state index contributed by atoms with van der Waals surface area (Å²) in [4.78, 5) is 15.4. The predicted molar refractivity (Wildman–Crippen MR) is 74.3 cm³/mol. The quantitative estimate of drug-likeness (QED) is 0.892. The van der Waals surface area contributed by atoms with Gasteiger partial charge in [0.15, 0.2) is 0 Å². The average molecular weight is 268 g/mol. The highest BCUT2D eigenvalue weighted by atomic mass is 35.5. The average Bonchev–Trinajstić information content (AvgIpc) is 2.77. The molecule has 0 aliphatic carbocycles. The van der Waals surface area contributed by atoms with Crippen molar-refractivity contribution in [1.29, 1.82) is 0 Å². The molecule has 0 aromatic heterocycles. The van der Waals surface area contributed by atoms with E-state index < -0.39 is 0 Å². The number of urea groups is 1. The van der Waals surface area contributed by atoms with E-state index in [1.54, 1.807) is 19.0 Å². The van der Waals surface area contributed by atoms with Crippen LogP contribution in [0, 0.1) is 0 Å². The summed E-state index contributed by atoms with van der Waals surface area (Å²) in [5.41, 5.74) is 1.11. The third-order valence-electron chi connectivity index (χ3n) is 3.10. The van der Waals surface area contributed by atoms with Crippen LogP contribution in [0.3, 0.4) is 0 Å². The van der Waals surface area contributed by atoms with Crippen molar-refractivity contribution in [3.63, 3.8) is 0 Å². The second kappa shape index (κ2) is 5.48. The molecule has 1 atom stereocenters. The number of rotatable bonds is 2. The number of amides is 2. The second-order valence-corrected chi connectivity index (χ2v) is 5.19. The Bertz CT molecular complexity index is 436. The van der Waals surface area contributed by atoms with E-state index in [4.69, 9.17) is 11.6 Å². The predicted octanol–water partition coefficient (Wildman–Crippen LogP) is 2.19. The number of halogens is 1. The molecule has 2 amide bonds. The van der Waals surface area contributed by atoms with Gasteiger partial charge in [-0.2, -0.15) is 0 Å². The van der Waals surface area contributed by atoms with Gasteiger partial charge in [0.2, 0.25) is 0 Å². The van der Waals surface area contributed by atoms with Gasteiger partial charge in [0.25, 0.3) is 0 Å². The van der Waals surface area contributed by atoms with Gasteiger partial charge in [-0.25, -0.2) is 4.79 Å². The van der Waals surface area contributed by atoms with E-state index in [1.165, 1.54) is 0 Å². The molecule has 1 heterocycles. The number of carbonyl (C=O) groups is 1. The van der Waals surface area contributed by atoms with Gasteiger partial charge in [-0.1, -0.05) is 17.7 Å². The lowest BCUT2D eigenvalue weighted by atomic mass is 10.3. The normalized spacial score (nSPS) is 18.8. The lowest BCUT2D eigenvalue weighted by Crippen LogP contribution is -2.42. The van der Waals surface area contributed by atoms with Crippen molar-refractivity contribution < 1.29 is 4.79 Å². The van der Waals surface area contributed by atoms with Crippen LogP contribution < -0.4 is 10.2 Å². The first-order valence-corrected chi connectivity index (χ1v) is 6.42. The Labute approximate surface area is 113 Å². The van der Waals surface area contributed by atoms with Crippen molar-refractivity contribution in [2.45, 2.75) is 12.5 Å². The highest BCUT2D eigenvalue weighted by molar-refractivity contribution is 6.30. The zero-order chi connectivity index (χ0) is 13.1. The number of hydrogen-bond acceptors (Lipinski definition) is 2. The minimum absolute atomic E-state index is 0.0343. The van der Waals surface area contributed by atoms with E-state index in [9.17, 15) is 4.79 Å². The van der Waals surface area contributed by atoms with Crippen LogP contribution in [0.15, 0.2) is 24.3 Å². The standard InChI is InChI=1S/C13H18ClN3O/c1-16(2)13(18)15-11-6-7-17(9-11)12-5-3-4-10(14)8-12/h3-5,8,11H,6-7,9H2,1-2H3,(H,15,18). The second-order valence-electron chi connectivity index (χ2n) is 4.76. The number of hydrogen-bond donors (Lipinski definition) is 1. The van der Waals surface area contributed by atoms with Gasteiger partial charge < -0.3 is 15.1 Å². The molecule has 1 N–H and O–H groups in total. The van der Waals surface area contributed by atoms with Crippen molar-refractivity contribution in [2.24, 2.45) is 0 Å². The smallest absolute Gasteiger partial charge is 0.317 e. The number of nitrogens with one attached hydrogen (secondary N) is 1. The summed E-state index contributed by atoms with van der Waals surface area (Å²) < 4.78 is 0. The summed E-state index contributed by atoms with van der Waals surface area (Å²) in [6.07, 6.45) is 0.964. The Balaban J connectivity index is 1.94. The van der Waals surface area contributed by atoms with Gasteiger partial charge in [0.1, 0.15) is 0 Å². The van der Waals surface area contributed by atoms with Crippen molar-refractivity contribution in [3.05, 3.63) is 29.3 Å². The molecule has 0 saturated carbocycles. The number of nitrogens with zero attached hydrogens (tertiary/aromatic N) is 2. The van der Waals surface area contributed by atoms with E-state index in [0.29, 0.717) is 0 Å². The topological polar surface area (TPSA) is 35.6 Å². The molecule has 1 saturated heterocycles. The summed E-state index contributed by atoms with van der Waals surface area (Å²) in [5.74, 6) is 0. The van der Waals surface area contributed by atoms with E-state index in [1.807, 2.05) is 24.3 Å². The molecule has 0 spiro atoms. The maximum absolute atomic E-state index is 11.6. The Hall–Kier alpha value is -1.42. The number of anilines is 1. The highest BCUT2D eigenvalue weighted by Crippen LogP contribution is 2.23. The number of benzene rings is 1. The molecule has 1 aliphatic rings. The van der Waals surface area contributed by atoms with Crippen molar-refractivity contribution >= 4 is 23.3 Å². The molecule has 1 unspecified atom stereocenters. The van der Waals surface area contributed by atoms with Crippen LogP contribution in [-0.2, 0) is 0 Å². The lowest BCUT2D eigenvalue weighted by Gasteiger charge is -2.20. The largest absolute Gasteiger partial charge is 0.369 e. The Morgan fingerprint density at radius 2 is 2.28 bits per heavy atom. The van der Waals surface area contributed by atoms with Gasteiger partial charge in [-0.15, -0.1) is 0 Å². The monoisotopic (exact) mass is 267 g/mol.